The zero-order valence-electron chi connectivity index (χ0n) is 6.66. The number of carbonyl (C=O) groups is 1. The Morgan fingerprint density at radius 1 is 1.73 bits per heavy atom. The maximum atomic E-state index is 10.8. The summed E-state index contributed by atoms with van der Waals surface area (Å²) < 4.78 is 4.84. The van der Waals surface area contributed by atoms with Gasteiger partial charge in [0.25, 0.3) is 0 Å². The SMILES string of the molecule is CC(C)OC(=O)CCN=C=S. The fraction of sp³-hybridized carbons (Fsp3) is 0.714. The Morgan fingerprint density at radius 2 is 2.36 bits per heavy atom. The summed E-state index contributed by atoms with van der Waals surface area (Å²) in [6, 6.07) is 0. The van der Waals surface area contributed by atoms with Crippen LogP contribution in [0, 0.1) is 0 Å². The zero-order valence-corrected chi connectivity index (χ0v) is 7.48. The number of esters is 1. The van der Waals surface area contributed by atoms with Gasteiger partial charge < -0.3 is 4.74 Å². The largest absolute Gasteiger partial charge is 0.463 e. The second-order valence-corrected chi connectivity index (χ2v) is 2.44. The molecule has 0 aromatic rings. The molecule has 0 heterocycles. The minimum atomic E-state index is -0.242. The van der Waals surface area contributed by atoms with Gasteiger partial charge in [-0.05, 0) is 26.1 Å². The molecule has 0 saturated carbocycles. The van der Waals surface area contributed by atoms with Crippen LogP contribution in [0.5, 0.6) is 0 Å². The van der Waals surface area contributed by atoms with E-state index in [0.29, 0.717) is 6.54 Å². The van der Waals surface area contributed by atoms with E-state index in [1.54, 1.807) is 13.8 Å². The summed E-state index contributed by atoms with van der Waals surface area (Å²) in [5.74, 6) is -0.242. The number of hydrogen-bond acceptors (Lipinski definition) is 4. The van der Waals surface area contributed by atoms with Gasteiger partial charge in [0, 0.05) is 0 Å². The molecule has 0 aliphatic carbocycles. The summed E-state index contributed by atoms with van der Waals surface area (Å²) in [6.45, 7) is 3.98. The number of nitrogens with zero attached hydrogens (tertiary/aromatic N) is 1. The lowest BCUT2D eigenvalue weighted by Crippen LogP contribution is -2.11. The summed E-state index contributed by atoms with van der Waals surface area (Å²) in [5, 5.41) is 2.18. The average Bonchev–Trinajstić information content (AvgIpc) is 1.86. The van der Waals surface area contributed by atoms with Crippen molar-refractivity contribution in [3.63, 3.8) is 0 Å². The number of isothiocyanates is 1. The van der Waals surface area contributed by atoms with Crippen LogP contribution in [0.25, 0.3) is 0 Å². The molecule has 0 N–H and O–H groups in total. The molecule has 11 heavy (non-hydrogen) atoms. The van der Waals surface area contributed by atoms with Gasteiger partial charge >= 0.3 is 5.97 Å². The van der Waals surface area contributed by atoms with Gasteiger partial charge in [-0.25, -0.2) is 4.99 Å². The van der Waals surface area contributed by atoms with Crippen LogP contribution >= 0.6 is 12.2 Å². The lowest BCUT2D eigenvalue weighted by molar-refractivity contribution is -0.147. The van der Waals surface area contributed by atoms with Crippen LogP contribution in [-0.2, 0) is 9.53 Å². The van der Waals surface area contributed by atoms with E-state index in [1.165, 1.54) is 0 Å². The molecule has 0 rings (SSSR count). The van der Waals surface area contributed by atoms with Crippen LogP contribution in [-0.4, -0.2) is 23.8 Å². The summed E-state index contributed by atoms with van der Waals surface area (Å²) in [6.07, 6.45) is 0.223. The Hall–Kier alpha value is -0.730. The first kappa shape index (κ1) is 10.3. The number of rotatable bonds is 4. The molecule has 0 bridgehead atoms. The minimum Gasteiger partial charge on any atom is -0.463 e. The van der Waals surface area contributed by atoms with Crippen molar-refractivity contribution < 1.29 is 9.53 Å². The molecule has 0 fully saturated rings. The monoisotopic (exact) mass is 173 g/mol. The molecule has 0 radical (unpaired) electrons. The van der Waals surface area contributed by atoms with Gasteiger partial charge in [0.2, 0.25) is 0 Å². The molecule has 0 aliphatic rings. The molecule has 0 aromatic carbocycles. The first-order valence-electron chi connectivity index (χ1n) is 3.40. The Labute approximate surface area is 71.5 Å². The Kier molecular flexibility index (Phi) is 5.61. The first-order chi connectivity index (χ1) is 5.16. The molecule has 0 amide bonds. The average molecular weight is 173 g/mol. The topological polar surface area (TPSA) is 38.7 Å². The van der Waals surface area contributed by atoms with Crippen molar-refractivity contribution in [1.29, 1.82) is 0 Å². The number of aliphatic imine (C=N–C) groups is 1. The summed E-state index contributed by atoms with van der Waals surface area (Å²) in [7, 11) is 0. The fourth-order valence-corrected chi connectivity index (χ4v) is 0.606. The van der Waals surface area contributed by atoms with Crippen LogP contribution in [0.15, 0.2) is 4.99 Å². The van der Waals surface area contributed by atoms with Crippen LogP contribution in [0.2, 0.25) is 0 Å². The van der Waals surface area contributed by atoms with Gasteiger partial charge in [0.1, 0.15) is 0 Å². The molecule has 0 unspecified atom stereocenters. The van der Waals surface area contributed by atoms with E-state index in [1.807, 2.05) is 0 Å². The van der Waals surface area contributed by atoms with E-state index in [9.17, 15) is 4.79 Å². The van der Waals surface area contributed by atoms with Gasteiger partial charge in [0.05, 0.1) is 24.2 Å². The van der Waals surface area contributed by atoms with Crippen LogP contribution in [0.3, 0.4) is 0 Å². The third-order valence-corrected chi connectivity index (χ3v) is 0.989. The van der Waals surface area contributed by atoms with Crippen molar-refractivity contribution in [3.05, 3.63) is 0 Å². The van der Waals surface area contributed by atoms with E-state index < -0.39 is 0 Å². The highest BCUT2D eigenvalue weighted by molar-refractivity contribution is 7.78. The van der Waals surface area contributed by atoms with Gasteiger partial charge in [-0.3, -0.25) is 4.79 Å². The van der Waals surface area contributed by atoms with E-state index >= 15 is 0 Å². The van der Waals surface area contributed by atoms with Crippen molar-refractivity contribution >= 4 is 23.3 Å². The molecule has 3 nitrogen and oxygen atoms in total. The molecule has 62 valence electrons. The smallest absolute Gasteiger partial charge is 0.307 e. The lowest BCUT2D eigenvalue weighted by Gasteiger charge is -2.05. The van der Waals surface area contributed by atoms with Crippen LogP contribution < -0.4 is 0 Å². The second kappa shape index (κ2) is 6.01. The Balaban J connectivity index is 3.45. The van der Waals surface area contributed by atoms with Crippen molar-refractivity contribution in [2.75, 3.05) is 6.54 Å². The van der Waals surface area contributed by atoms with E-state index in [4.69, 9.17) is 4.74 Å². The lowest BCUT2D eigenvalue weighted by atomic mass is 10.4. The Bertz CT molecular complexity index is 173. The molecular formula is C7H11NO2S. The summed E-state index contributed by atoms with van der Waals surface area (Å²) >= 11 is 4.32. The van der Waals surface area contributed by atoms with Gasteiger partial charge in [-0.1, -0.05) is 0 Å². The molecule has 0 saturated heterocycles. The maximum Gasteiger partial charge on any atom is 0.307 e. The normalized spacial score (nSPS) is 9.00. The molecule has 0 aromatic heterocycles. The first-order valence-corrected chi connectivity index (χ1v) is 3.80. The molecule has 0 atom stereocenters. The van der Waals surface area contributed by atoms with Gasteiger partial charge in [-0.2, -0.15) is 0 Å². The van der Waals surface area contributed by atoms with E-state index in [-0.39, 0.29) is 18.5 Å². The zero-order chi connectivity index (χ0) is 8.69. The molecule has 0 aliphatic heterocycles. The highest BCUT2D eigenvalue weighted by Crippen LogP contribution is 1.92. The van der Waals surface area contributed by atoms with Crippen LogP contribution in [0.1, 0.15) is 20.3 Å². The van der Waals surface area contributed by atoms with Crippen molar-refractivity contribution in [1.82, 2.24) is 0 Å². The summed E-state index contributed by atoms with van der Waals surface area (Å²) in [5.41, 5.74) is 0. The number of ether oxygens (including phenoxy) is 1. The second-order valence-electron chi connectivity index (χ2n) is 2.26. The minimum absolute atomic E-state index is 0.0565. The predicted molar refractivity (Wildman–Crippen MR) is 45.7 cm³/mol. The Morgan fingerprint density at radius 3 is 2.82 bits per heavy atom. The maximum absolute atomic E-state index is 10.8. The number of hydrogen-bond donors (Lipinski definition) is 0. The number of carbonyl (C=O) groups excluding carboxylic acids is 1. The van der Waals surface area contributed by atoms with Crippen LogP contribution in [0.4, 0.5) is 0 Å². The van der Waals surface area contributed by atoms with E-state index in [0.717, 1.165) is 0 Å². The van der Waals surface area contributed by atoms with Crippen molar-refractivity contribution in [2.24, 2.45) is 4.99 Å². The summed E-state index contributed by atoms with van der Waals surface area (Å²) in [4.78, 5) is 14.4. The van der Waals surface area contributed by atoms with Gasteiger partial charge in [-0.15, -0.1) is 0 Å². The standard InChI is InChI=1S/C7H11NO2S/c1-6(2)10-7(9)3-4-8-5-11/h6H,3-4H2,1-2H3. The third-order valence-electron chi connectivity index (χ3n) is 0.859. The van der Waals surface area contributed by atoms with Gasteiger partial charge in [0.15, 0.2) is 0 Å². The fourth-order valence-electron chi connectivity index (χ4n) is 0.515. The van der Waals surface area contributed by atoms with E-state index in [2.05, 4.69) is 22.4 Å². The highest BCUT2D eigenvalue weighted by atomic mass is 32.1. The van der Waals surface area contributed by atoms with Crippen molar-refractivity contribution in [2.45, 2.75) is 26.4 Å². The highest BCUT2D eigenvalue weighted by Gasteiger charge is 2.02. The number of thiocarbonyl (C=S) groups is 1. The van der Waals surface area contributed by atoms with Crippen molar-refractivity contribution in [3.8, 4) is 0 Å². The predicted octanol–water partition coefficient (Wildman–Crippen LogP) is 1.43. The quantitative estimate of drug-likeness (QED) is 0.367. The third kappa shape index (κ3) is 7.16. The molecule has 4 heteroatoms. The molecule has 0 spiro atoms. The molecular weight excluding hydrogens is 162 g/mol.